The van der Waals surface area contributed by atoms with Crippen LogP contribution in [0.3, 0.4) is 0 Å². The van der Waals surface area contributed by atoms with Crippen LogP contribution in [0.1, 0.15) is 5.56 Å². The summed E-state index contributed by atoms with van der Waals surface area (Å²) >= 11 is 0. The predicted molar refractivity (Wildman–Crippen MR) is 75.1 cm³/mol. The van der Waals surface area contributed by atoms with Gasteiger partial charge in [-0.25, -0.2) is 4.39 Å². The first kappa shape index (κ1) is 13.1. The van der Waals surface area contributed by atoms with Crippen LogP contribution < -0.4 is 11.0 Å². The summed E-state index contributed by atoms with van der Waals surface area (Å²) < 4.78 is 15.6. The first-order chi connectivity index (χ1) is 10.1. The van der Waals surface area contributed by atoms with Gasteiger partial charge in [-0.2, -0.15) is 0 Å². The minimum absolute atomic E-state index is 0.0767. The van der Waals surface area contributed by atoms with E-state index in [9.17, 15) is 19.1 Å². The van der Waals surface area contributed by atoms with Gasteiger partial charge in [0, 0.05) is 24.7 Å². The molecule has 0 bridgehead atoms. The predicted octanol–water partition coefficient (Wildman–Crippen LogP) is 1.35. The summed E-state index contributed by atoms with van der Waals surface area (Å²) in [6.07, 6.45) is 4.53. The summed E-state index contributed by atoms with van der Waals surface area (Å²) in [7, 11) is 0. The van der Waals surface area contributed by atoms with E-state index in [1.165, 1.54) is 33.4 Å². The topological polar surface area (TPSA) is 63.7 Å². The first-order valence-corrected chi connectivity index (χ1v) is 6.24. The van der Waals surface area contributed by atoms with Crippen molar-refractivity contribution in [3.8, 4) is 5.75 Å². The highest BCUT2D eigenvalue weighted by atomic mass is 19.1. The molecule has 2 aromatic heterocycles. The summed E-state index contributed by atoms with van der Waals surface area (Å²) in [5, 5.41) is 9.77. The van der Waals surface area contributed by atoms with Crippen molar-refractivity contribution >= 4 is 5.52 Å². The highest BCUT2D eigenvalue weighted by molar-refractivity contribution is 5.57. The lowest BCUT2D eigenvalue weighted by Crippen LogP contribution is -2.24. The Kier molecular flexibility index (Phi) is 3.06. The van der Waals surface area contributed by atoms with E-state index in [4.69, 9.17) is 0 Å². The van der Waals surface area contributed by atoms with Gasteiger partial charge in [0.05, 0.1) is 6.54 Å². The smallest absolute Gasteiger partial charge is 0.279 e. The van der Waals surface area contributed by atoms with Crippen LogP contribution in [0.25, 0.3) is 5.52 Å². The SMILES string of the molecule is O=c1ccn2ccn(Cc3ccc(F)cc3)c(=O)c2c1O. The van der Waals surface area contributed by atoms with Crippen molar-refractivity contribution in [1.82, 2.24) is 8.97 Å². The van der Waals surface area contributed by atoms with Gasteiger partial charge in [-0.05, 0) is 17.7 Å². The van der Waals surface area contributed by atoms with Crippen molar-refractivity contribution in [2.75, 3.05) is 0 Å². The Morgan fingerprint density at radius 3 is 2.43 bits per heavy atom. The molecule has 0 saturated heterocycles. The molecule has 2 heterocycles. The zero-order valence-electron chi connectivity index (χ0n) is 10.9. The summed E-state index contributed by atoms with van der Waals surface area (Å²) in [5.74, 6) is -0.926. The average molecular weight is 286 g/mol. The van der Waals surface area contributed by atoms with Crippen LogP contribution in [-0.2, 0) is 6.54 Å². The van der Waals surface area contributed by atoms with Gasteiger partial charge in [-0.3, -0.25) is 9.59 Å². The van der Waals surface area contributed by atoms with Crippen molar-refractivity contribution in [2.24, 2.45) is 0 Å². The highest BCUT2D eigenvalue weighted by Crippen LogP contribution is 2.09. The normalized spacial score (nSPS) is 10.9. The fourth-order valence-electron chi connectivity index (χ4n) is 2.14. The molecule has 5 nitrogen and oxygen atoms in total. The van der Waals surface area contributed by atoms with Crippen LogP contribution >= 0.6 is 0 Å². The fourth-order valence-corrected chi connectivity index (χ4v) is 2.14. The minimum atomic E-state index is -0.605. The molecule has 0 fully saturated rings. The van der Waals surface area contributed by atoms with Crippen molar-refractivity contribution in [1.29, 1.82) is 0 Å². The van der Waals surface area contributed by atoms with Crippen molar-refractivity contribution in [3.05, 3.63) is 80.9 Å². The number of pyridine rings is 1. The number of nitrogens with zero attached hydrogens (tertiary/aromatic N) is 2. The molecule has 0 saturated carbocycles. The van der Waals surface area contributed by atoms with E-state index in [1.807, 2.05) is 0 Å². The van der Waals surface area contributed by atoms with Gasteiger partial charge in [-0.15, -0.1) is 0 Å². The maximum Gasteiger partial charge on any atom is 0.279 e. The Hall–Kier alpha value is -2.89. The second-order valence-electron chi connectivity index (χ2n) is 4.64. The maximum atomic E-state index is 12.9. The van der Waals surface area contributed by atoms with E-state index >= 15 is 0 Å². The zero-order chi connectivity index (χ0) is 15.0. The molecule has 0 aliphatic carbocycles. The van der Waals surface area contributed by atoms with Gasteiger partial charge in [0.25, 0.3) is 5.56 Å². The van der Waals surface area contributed by atoms with Gasteiger partial charge >= 0.3 is 0 Å². The van der Waals surface area contributed by atoms with E-state index in [-0.39, 0.29) is 17.9 Å². The molecular weight excluding hydrogens is 275 g/mol. The first-order valence-electron chi connectivity index (χ1n) is 6.24. The molecule has 0 radical (unpaired) electrons. The van der Waals surface area contributed by atoms with E-state index in [1.54, 1.807) is 24.5 Å². The van der Waals surface area contributed by atoms with Gasteiger partial charge in [0.15, 0.2) is 11.3 Å². The van der Waals surface area contributed by atoms with Gasteiger partial charge < -0.3 is 14.1 Å². The number of fused-ring (bicyclic) bond motifs is 1. The van der Waals surface area contributed by atoms with Crippen molar-refractivity contribution < 1.29 is 9.50 Å². The Morgan fingerprint density at radius 1 is 1.00 bits per heavy atom. The molecular formula is C15H11FN2O3. The Balaban J connectivity index is 2.14. The molecule has 1 aromatic carbocycles. The van der Waals surface area contributed by atoms with E-state index in [0.29, 0.717) is 0 Å². The molecule has 21 heavy (non-hydrogen) atoms. The average Bonchev–Trinajstić information content (AvgIpc) is 2.48. The van der Waals surface area contributed by atoms with E-state index in [0.717, 1.165) is 5.56 Å². The van der Waals surface area contributed by atoms with Crippen LogP contribution in [0.5, 0.6) is 5.75 Å². The van der Waals surface area contributed by atoms with Crippen LogP contribution in [0.4, 0.5) is 4.39 Å². The number of hydrogen-bond acceptors (Lipinski definition) is 3. The lowest BCUT2D eigenvalue weighted by molar-refractivity contribution is 0.472. The fraction of sp³-hybridized carbons (Fsp3) is 0.0667. The molecule has 106 valence electrons. The molecule has 3 rings (SSSR count). The number of rotatable bonds is 2. The molecule has 0 aliphatic heterocycles. The van der Waals surface area contributed by atoms with Crippen LogP contribution in [0.15, 0.2) is 58.5 Å². The van der Waals surface area contributed by atoms with E-state index < -0.39 is 16.7 Å². The Morgan fingerprint density at radius 2 is 1.71 bits per heavy atom. The number of hydrogen-bond donors (Lipinski definition) is 1. The lowest BCUT2D eigenvalue weighted by Gasteiger charge is -2.09. The third kappa shape index (κ3) is 2.31. The second kappa shape index (κ2) is 4.90. The number of aromatic nitrogens is 2. The van der Waals surface area contributed by atoms with Crippen LogP contribution in [-0.4, -0.2) is 14.1 Å². The quantitative estimate of drug-likeness (QED) is 0.773. The molecule has 0 spiro atoms. The standard InChI is InChI=1S/C15H11FN2O3/c16-11-3-1-10(2-4-11)9-18-8-7-17-6-5-12(19)14(20)13(17)15(18)21/h1-8,20H,9H2. The summed E-state index contributed by atoms with van der Waals surface area (Å²) in [6.45, 7) is 0.220. The van der Waals surface area contributed by atoms with Crippen LogP contribution in [0, 0.1) is 5.82 Å². The Labute approximate surface area is 118 Å². The van der Waals surface area contributed by atoms with Gasteiger partial charge in [0.1, 0.15) is 5.82 Å². The zero-order valence-corrected chi connectivity index (χ0v) is 10.9. The molecule has 3 aromatic rings. The van der Waals surface area contributed by atoms with E-state index in [2.05, 4.69) is 0 Å². The molecule has 0 aliphatic rings. The van der Waals surface area contributed by atoms with Gasteiger partial charge in [0.2, 0.25) is 5.43 Å². The maximum absolute atomic E-state index is 12.9. The number of aromatic hydroxyl groups is 1. The third-order valence-electron chi connectivity index (χ3n) is 3.24. The molecule has 0 atom stereocenters. The largest absolute Gasteiger partial charge is 0.503 e. The number of benzene rings is 1. The highest BCUT2D eigenvalue weighted by Gasteiger charge is 2.10. The summed E-state index contributed by atoms with van der Waals surface area (Å²) in [6, 6.07) is 6.95. The molecule has 0 amide bonds. The number of halogens is 1. The second-order valence-corrected chi connectivity index (χ2v) is 4.64. The van der Waals surface area contributed by atoms with Crippen molar-refractivity contribution in [3.63, 3.8) is 0 Å². The molecule has 6 heteroatoms. The third-order valence-corrected chi connectivity index (χ3v) is 3.24. The monoisotopic (exact) mass is 286 g/mol. The summed E-state index contributed by atoms with van der Waals surface area (Å²) in [5.41, 5.74) is -0.434. The molecule has 0 unspecified atom stereocenters. The van der Waals surface area contributed by atoms with Crippen molar-refractivity contribution in [2.45, 2.75) is 6.54 Å². The van der Waals surface area contributed by atoms with Crippen LogP contribution in [0.2, 0.25) is 0 Å². The lowest BCUT2D eigenvalue weighted by atomic mass is 10.2. The molecule has 1 N–H and O–H groups in total. The summed E-state index contributed by atoms with van der Waals surface area (Å²) in [4.78, 5) is 23.8. The Bertz CT molecular complexity index is 926. The minimum Gasteiger partial charge on any atom is -0.503 e. The van der Waals surface area contributed by atoms with Gasteiger partial charge in [-0.1, -0.05) is 12.1 Å².